The Labute approximate surface area is 98.5 Å². The SMILES string of the molecule is CCCCC1OC(=O)c2cc([N+](=O)[O-])ccc21. The van der Waals surface area contributed by atoms with E-state index in [1.54, 1.807) is 6.07 Å². The molecule has 0 radical (unpaired) electrons. The van der Waals surface area contributed by atoms with Gasteiger partial charge in [0, 0.05) is 17.7 Å². The van der Waals surface area contributed by atoms with Crippen LogP contribution < -0.4 is 0 Å². The Morgan fingerprint density at radius 3 is 2.88 bits per heavy atom. The first-order chi connectivity index (χ1) is 8.13. The second-order valence-corrected chi connectivity index (χ2v) is 4.06. The number of nitro benzene ring substituents is 1. The Kier molecular flexibility index (Phi) is 3.08. The number of rotatable bonds is 4. The Bertz CT molecular complexity index is 470. The number of hydrogen-bond acceptors (Lipinski definition) is 4. The predicted octanol–water partition coefficient (Wildman–Crippen LogP) is 3.00. The lowest BCUT2D eigenvalue weighted by Gasteiger charge is -2.08. The van der Waals surface area contributed by atoms with Crippen molar-refractivity contribution in [2.75, 3.05) is 0 Å². The molecule has 0 aromatic heterocycles. The van der Waals surface area contributed by atoms with Crippen LogP contribution in [0.4, 0.5) is 5.69 Å². The molecule has 1 atom stereocenters. The van der Waals surface area contributed by atoms with Crippen molar-refractivity contribution in [1.29, 1.82) is 0 Å². The predicted molar refractivity (Wildman–Crippen MR) is 60.8 cm³/mol. The Hall–Kier alpha value is -1.91. The van der Waals surface area contributed by atoms with Crippen LogP contribution in [-0.4, -0.2) is 10.9 Å². The molecule has 1 aliphatic heterocycles. The van der Waals surface area contributed by atoms with Crippen LogP contribution in [0.3, 0.4) is 0 Å². The van der Waals surface area contributed by atoms with Gasteiger partial charge in [-0.2, -0.15) is 0 Å². The molecule has 1 aromatic rings. The van der Waals surface area contributed by atoms with Crippen LogP contribution in [0.1, 0.15) is 48.2 Å². The molecule has 0 saturated heterocycles. The summed E-state index contributed by atoms with van der Waals surface area (Å²) < 4.78 is 5.21. The number of nitro groups is 1. The van der Waals surface area contributed by atoms with E-state index >= 15 is 0 Å². The zero-order chi connectivity index (χ0) is 12.4. The van der Waals surface area contributed by atoms with Gasteiger partial charge in [0.15, 0.2) is 0 Å². The van der Waals surface area contributed by atoms with E-state index in [2.05, 4.69) is 6.92 Å². The number of cyclic esters (lactones) is 1. The third-order valence-electron chi connectivity index (χ3n) is 2.88. The average molecular weight is 235 g/mol. The normalized spacial score (nSPS) is 17.7. The van der Waals surface area contributed by atoms with Crippen molar-refractivity contribution >= 4 is 11.7 Å². The summed E-state index contributed by atoms with van der Waals surface area (Å²) in [5.74, 6) is -0.454. The zero-order valence-electron chi connectivity index (χ0n) is 9.51. The van der Waals surface area contributed by atoms with Crippen molar-refractivity contribution in [3.05, 3.63) is 39.4 Å². The van der Waals surface area contributed by atoms with Crippen molar-refractivity contribution < 1.29 is 14.5 Å². The fourth-order valence-electron chi connectivity index (χ4n) is 1.98. The van der Waals surface area contributed by atoms with E-state index in [-0.39, 0.29) is 11.8 Å². The fraction of sp³-hybridized carbons (Fsp3) is 0.417. The highest BCUT2D eigenvalue weighted by Gasteiger charge is 2.31. The summed E-state index contributed by atoms with van der Waals surface area (Å²) in [4.78, 5) is 21.7. The number of carbonyl (C=O) groups excluding carboxylic acids is 1. The molecule has 0 aliphatic carbocycles. The first-order valence-electron chi connectivity index (χ1n) is 5.62. The van der Waals surface area contributed by atoms with Crippen LogP contribution in [0.5, 0.6) is 0 Å². The van der Waals surface area contributed by atoms with Crippen LogP contribution in [0, 0.1) is 10.1 Å². The highest BCUT2D eigenvalue weighted by molar-refractivity contribution is 5.94. The lowest BCUT2D eigenvalue weighted by Crippen LogP contribution is -1.98. The largest absolute Gasteiger partial charge is 0.454 e. The molecule has 1 aromatic carbocycles. The highest BCUT2D eigenvalue weighted by Crippen LogP contribution is 2.35. The van der Waals surface area contributed by atoms with E-state index < -0.39 is 10.9 Å². The van der Waals surface area contributed by atoms with Gasteiger partial charge in [-0.1, -0.05) is 13.3 Å². The molecule has 90 valence electrons. The molecule has 1 unspecified atom stereocenters. The summed E-state index contributed by atoms with van der Waals surface area (Å²) in [5.41, 5.74) is 1.03. The average Bonchev–Trinajstić information content (AvgIpc) is 2.63. The van der Waals surface area contributed by atoms with Crippen molar-refractivity contribution in [3.8, 4) is 0 Å². The standard InChI is InChI=1S/C12H13NO4/c1-2-3-4-11-9-6-5-8(13(15)16)7-10(9)12(14)17-11/h5-7,11H,2-4H2,1H3. The number of esters is 1. The number of nitrogens with zero attached hydrogens (tertiary/aromatic N) is 1. The molecule has 5 nitrogen and oxygen atoms in total. The number of unbranched alkanes of at least 4 members (excludes halogenated alkanes) is 1. The quantitative estimate of drug-likeness (QED) is 0.457. The van der Waals surface area contributed by atoms with Crippen molar-refractivity contribution in [1.82, 2.24) is 0 Å². The third-order valence-corrected chi connectivity index (χ3v) is 2.88. The molecule has 0 bridgehead atoms. The van der Waals surface area contributed by atoms with Gasteiger partial charge in [0.2, 0.25) is 0 Å². The van der Waals surface area contributed by atoms with Crippen molar-refractivity contribution in [2.24, 2.45) is 0 Å². The molecule has 0 amide bonds. The molecule has 1 heterocycles. The molecule has 0 saturated carbocycles. The minimum absolute atomic E-state index is 0.0724. The monoisotopic (exact) mass is 235 g/mol. The third kappa shape index (κ3) is 2.13. The Morgan fingerprint density at radius 2 is 2.24 bits per heavy atom. The number of hydrogen-bond donors (Lipinski definition) is 0. The smallest absolute Gasteiger partial charge is 0.339 e. The molecule has 0 N–H and O–H groups in total. The lowest BCUT2D eigenvalue weighted by atomic mass is 10.0. The zero-order valence-corrected chi connectivity index (χ0v) is 9.51. The number of ether oxygens (including phenoxy) is 1. The summed E-state index contributed by atoms with van der Waals surface area (Å²) in [5, 5.41) is 10.6. The number of carbonyl (C=O) groups is 1. The van der Waals surface area contributed by atoms with Crippen molar-refractivity contribution in [3.63, 3.8) is 0 Å². The van der Waals surface area contributed by atoms with Gasteiger partial charge < -0.3 is 4.74 Å². The van der Waals surface area contributed by atoms with Crippen molar-refractivity contribution in [2.45, 2.75) is 32.3 Å². The molecular formula is C12H13NO4. The Morgan fingerprint density at radius 1 is 1.47 bits per heavy atom. The van der Waals surface area contributed by atoms with E-state index in [0.717, 1.165) is 24.8 Å². The molecule has 5 heteroatoms. The number of benzene rings is 1. The highest BCUT2D eigenvalue weighted by atomic mass is 16.6. The number of non-ortho nitro benzene ring substituents is 1. The molecular weight excluding hydrogens is 222 g/mol. The van der Waals surface area contributed by atoms with Gasteiger partial charge in [-0.05, 0) is 18.9 Å². The fourth-order valence-corrected chi connectivity index (χ4v) is 1.98. The second kappa shape index (κ2) is 4.53. The molecule has 0 fully saturated rings. The summed E-state index contributed by atoms with van der Waals surface area (Å²) in [6.45, 7) is 2.06. The van der Waals surface area contributed by atoms with E-state index in [9.17, 15) is 14.9 Å². The van der Waals surface area contributed by atoms with Gasteiger partial charge in [-0.15, -0.1) is 0 Å². The summed E-state index contributed by atoms with van der Waals surface area (Å²) in [7, 11) is 0. The second-order valence-electron chi connectivity index (χ2n) is 4.06. The molecule has 2 rings (SSSR count). The molecule has 1 aliphatic rings. The van der Waals surface area contributed by atoms with Crippen LogP contribution in [0.15, 0.2) is 18.2 Å². The minimum Gasteiger partial charge on any atom is -0.454 e. The maximum absolute atomic E-state index is 11.6. The van der Waals surface area contributed by atoms with Crippen LogP contribution in [0.25, 0.3) is 0 Å². The Balaban J connectivity index is 2.30. The van der Waals surface area contributed by atoms with Gasteiger partial charge in [0.1, 0.15) is 6.10 Å². The van der Waals surface area contributed by atoms with Crippen LogP contribution >= 0.6 is 0 Å². The topological polar surface area (TPSA) is 69.4 Å². The molecule has 0 spiro atoms. The minimum atomic E-state index is -0.507. The maximum atomic E-state index is 11.6. The first kappa shape index (κ1) is 11.6. The summed E-state index contributed by atoms with van der Waals surface area (Å²) in [6, 6.07) is 4.34. The van der Waals surface area contributed by atoms with Gasteiger partial charge >= 0.3 is 5.97 Å². The number of fused-ring (bicyclic) bond motifs is 1. The van der Waals surface area contributed by atoms with E-state index in [1.165, 1.54) is 12.1 Å². The van der Waals surface area contributed by atoms with E-state index in [1.807, 2.05) is 0 Å². The van der Waals surface area contributed by atoms with Gasteiger partial charge in [0.05, 0.1) is 10.5 Å². The van der Waals surface area contributed by atoms with Crippen LogP contribution in [0.2, 0.25) is 0 Å². The van der Waals surface area contributed by atoms with Crippen LogP contribution in [-0.2, 0) is 4.74 Å². The van der Waals surface area contributed by atoms with Gasteiger partial charge in [-0.25, -0.2) is 4.79 Å². The first-order valence-corrected chi connectivity index (χ1v) is 5.62. The lowest BCUT2D eigenvalue weighted by molar-refractivity contribution is -0.384. The maximum Gasteiger partial charge on any atom is 0.339 e. The molecule has 17 heavy (non-hydrogen) atoms. The summed E-state index contributed by atoms with van der Waals surface area (Å²) >= 11 is 0. The summed E-state index contributed by atoms with van der Waals surface area (Å²) in [6.07, 6.45) is 2.52. The van der Waals surface area contributed by atoms with E-state index in [4.69, 9.17) is 4.74 Å². The van der Waals surface area contributed by atoms with Gasteiger partial charge in [-0.3, -0.25) is 10.1 Å². The van der Waals surface area contributed by atoms with Gasteiger partial charge in [0.25, 0.3) is 5.69 Å². The van der Waals surface area contributed by atoms with E-state index in [0.29, 0.717) is 5.56 Å².